The summed E-state index contributed by atoms with van der Waals surface area (Å²) < 4.78 is 17.2. The third kappa shape index (κ3) is 40.5. The molecule has 8 heteroatoms. The fourth-order valence-corrected chi connectivity index (χ4v) is 7.01. The van der Waals surface area contributed by atoms with Crippen molar-refractivity contribution in [2.75, 3.05) is 41.0 Å². The quantitative estimate of drug-likeness (QED) is 0.0198. The van der Waals surface area contributed by atoms with Crippen LogP contribution in [0.5, 0.6) is 0 Å². The van der Waals surface area contributed by atoms with Crippen molar-refractivity contribution >= 4 is 17.9 Å². The Hall–Kier alpha value is -2.71. The van der Waals surface area contributed by atoms with Crippen LogP contribution < -0.4 is 5.11 Å². The molecule has 59 heavy (non-hydrogen) atoms. The molecule has 0 aromatic rings. The predicted octanol–water partition coefficient (Wildman–Crippen LogP) is 12.3. The summed E-state index contributed by atoms with van der Waals surface area (Å²) in [6.45, 7) is 4.52. The van der Waals surface area contributed by atoms with E-state index < -0.39 is 18.1 Å². The molecule has 0 fully saturated rings. The van der Waals surface area contributed by atoms with Gasteiger partial charge < -0.3 is 28.6 Å². The molecule has 0 heterocycles. The predicted molar refractivity (Wildman–Crippen MR) is 245 cm³/mol. The molecule has 0 aromatic carbocycles. The summed E-state index contributed by atoms with van der Waals surface area (Å²) in [6.07, 6.45) is 50.0. The standard InChI is InChI=1S/C51H91NO7/c1-6-8-10-12-14-16-18-20-21-22-23-24-25-26-27-28-30-32-34-36-38-40-42-50(54)59-47(45-57-44-43-48(51(55)56)52(3,4)5)46-58-49(53)41-39-37-35-33-31-29-19-17-15-13-11-9-7-2/h9,11,13,15,17,19,25-26,47-48H,6-8,10,12,14,16,18,20-24,27-46H2,1-5H3/b11-9+,15-13+,19-17+,26-25+. The molecule has 0 saturated heterocycles. The number of allylic oxidation sites excluding steroid dienone is 8. The van der Waals surface area contributed by atoms with Crippen molar-refractivity contribution in [3.05, 3.63) is 48.6 Å². The fourth-order valence-electron chi connectivity index (χ4n) is 7.01. The first-order valence-corrected chi connectivity index (χ1v) is 24.2. The summed E-state index contributed by atoms with van der Waals surface area (Å²) in [5, 5.41) is 11.6. The van der Waals surface area contributed by atoms with E-state index in [0.29, 0.717) is 12.8 Å². The first-order valence-electron chi connectivity index (χ1n) is 24.2. The Morgan fingerprint density at radius 2 is 0.966 bits per heavy atom. The van der Waals surface area contributed by atoms with Crippen molar-refractivity contribution in [3.63, 3.8) is 0 Å². The van der Waals surface area contributed by atoms with E-state index in [-0.39, 0.29) is 42.7 Å². The normalized spacial score (nSPS) is 13.3. The lowest BCUT2D eigenvalue weighted by Gasteiger charge is -2.34. The maximum Gasteiger partial charge on any atom is 0.306 e. The van der Waals surface area contributed by atoms with Crippen molar-refractivity contribution in [2.24, 2.45) is 0 Å². The van der Waals surface area contributed by atoms with Crippen LogP contribution in [0.25, 0.3) is 0 Å². The highest BCUT2D eigenvalue weighted by molar-refractivity contribution is 5.70. The monoisotopic (exact) mass is 830 g/mol. The fraction of sp³-hybridized carbons (Fsp3) is 0.784. The van der Waals surface area contributed by atoms with Crippen LogP contribution >= 0.6 is 0 Å². The number of nitrogens with zero attached hydrogens (tertiary/aromatic N) is 1. The van der Waals surface area contributed by atoms with Gasteiger partial charge in [-0.15, -0.1) is 0 Å². The van der Waals surface area contributed by atoms with Crippen LogP contribution in [0, 0.1) is 0 Å². The molecule has 0 amide bonds. The van der Waals surface area contributed by atoms with E-state index in [2.05, 4.69) is 56.4 Å². The topological polar surface area (TPSA) is 102 Å². The lowest BCUT2D eigenvalue weighted by Crippen LogP contribution is -2.55. The van der Waals surface area contributed by atoms with Crippen LogP contribution in [0.3, 0.4) is 0 Å². The van der Waals surface area contributed by atoms with Gasteiger partial charge in [-0.2, -0.15) is 0 Å². The van der Waals surface area contributed by atoms with Gasteiger partial charge in [-0.1, -0.05) is 178 Å². The van der Waals surface area contributed by atoms with Crippen LogP contribution in [-0.4, -0.2) is 75.5 Å². The van der Waals surface area contributed by atoms with Crippen LogP contribution in [0.1, 0.15) is 206 Å². The Bertz CT molecular complexity index is 1110. The van der Waals surface area contributed by atoms with Gasteiger partial charge in [0.25, 0.3) is 0 Å². The number of esters is 2. The molecule has 0 aromatic heterocycles. The summed E-state index contributed by atoms with van der Waals surface area (Å²) in [4.78, 5) is 36.9. The van der Waals surface area contributed by atoms with Crippen molar-refractivity contribution in [3.8, 4) is 0 Å². The molecule has 0 saturated carbocycles. The van der Waals surface area contributed by atoms with Crippen LogP contribution in [0.15, 0.2) is 48.6 Å². The molecule has 2 atom stereocenters. The Labute approximate surface area is 363 Å². The molecule has 0 radical (unpaired) electrons. The second kappa shape index (κ2) is 42.0. The molecular formula is C51H91NO7. The highest BCUT2D eigenvalue weighted by Gasteiger charge is 2.25. The summed E-state index contributed by atoms with van der Waals surface area (Å²) in [7, 11) is 5.40. The first kappa shape index (κ1) is 56.3. The van der Waals surface area contributed by atoms with E-state index >= 15 is 0 Å². The van der Waals surface area contributed by atoms with E-state index in [1.807, 2.05) is 6.08 Å². The minimum Gasteiger partial charge on any atom is -0.544 e. The Balaban J connectivity index is 4.26. The van der Waals surface area contributed by atoms with Gasteiger partial charge >= 0.3 is 11.9 Å². The summed E-state index contributed by atoms with van der Waals surface area (Å²) in [6, 6.07) is -0.730. The lowest BCUT2D eigenvalue weighted by molar-refractivity contribution is -0.889. The van der Waals surface area contributed by atoms with Gasteiger partial charge in [0, 0.05) is 19.3 Å². The molecule has 0 bridgehead atoms. The molecule has 8 nitrogen and oxygen atoms in total. The number of ether oxygens (including phenoxy) is 3. The number of unbranched alkanes of at least 4 members (excludes halogenated alkanes) is 23. The smallest absolute Gasteiger partial charge is 0.306 e. The van der Waals surface area contributed by atoms with Crippen LogP contribution in [-0.2, 0) is 28.6 Å². The average molecular weight is 830 g/mol. The van der Waals surface area contributed by atoms with Crippen LogP contribution in [0.4, 0.5) is 0 Å². The highest BCUT2D eigenvalue weighted by atomic mass is 16.6. The molecule has 0 aliphatic carbocycles. The minimum absolute atomic E-state index is 0.0319. The van der Waals surface area contributed by atoms with Gasteiger partial charge in [0.05, 0.1) is 40.3 Å². The van der Waals surface area contributed by atoms with Crippen molar-refractivity contribution < 1.29 is 38.2 Å². The highest BCUT2D eigenvalue weighted by Crippen LogP contribution is 2.15. The van der Waals surface area contributed by atoms with E-state index in [0.717, 1.165) is 64.2 Å². The van der Waals surface area contributed by atoms with Gasteiger partial charge in [-0.25, -0.2) is 0 Å². The molecule has 2 unspecified atom stereocenters. The van der Waals surface area contributed by atoms with Crippen LogP contribution in [0.2, 0.25) is 0 Å². The maximum absolute atomic E-state index is 12.8. The maximum atomic E-state index is 12.8. The number of aliphatic carboxylic acids is 1. The zero-order valence-corrected chi connectivity index (χ0v) is 38.9. The third-order valence-corrected chi connectivity index (χ3v) is 10.8. The number of hydrogen-bond donors (Lipinski definition) is 0. The molecule has 0 aliphatic rings. The number of hydrogen-bond acceptors (Lipinski definition) is 7. The number of carbonyl (C=O) groups excluding carboxylic acids is 3. The summed E-state index contributed by atoms with van der Waals surface area (Å²) in [5.74, 6) is -1.76. The molecule has 0 spiro atoms. The van der Waals surface area contributed by atoms with Gasteiger partial charge in [-0.3, -0.25) is 9.59 Å². The Kier molecular flexibility index (Phi) is 40.1. The second-order valence-electron chi connectivity index (χ2n) is 17.4. The number of quaternary nitrogens is 1. The van der Waals surface area contributed by atoms with Gasteiger partial charge in [0.2, 0.25) is 0 Å². The lowest BCUT2D eigenvalue weighted by atomic mass is 10.0. The molecule has 0 aliphatic heterocycles. The van der Waals surface area contributed by atoms with Crippen molar-refractivity contribution in [2.45, 2.75) is 219 Å². The largest absolute Gasteiger partial charge is 0.544 e. The zero-order chi connectivity index (χ0) is 43.5. The number of carboxylic acids is 1. The minimum atomic E-state index is -1.13. The van der Waals surface area contributed by atoms with E-state index in [9.17, 15) is 19.5 Å². The number of carboxylic acid groups (broad SMARTS) is 1. The molecular weight excluding hydrogens is 739 g/mol. The SMILES string of the molecule is CC/C=C/C=C/C=C/CCCCCCCC(=O)OCC(COCCC(C(=O)[O-])[N+](C)(C)C)OC(=O)CCCCCCCCC/C=C/CCCCCCCCCCCCC. The van der Waals surface area contributed by atoms with Gasteiger partial charge in [-0.05, 0) is 57.8 Å². The van der Waals surface area contributed by atoms with Crippen molar-refractivity contribution in [1.29, 1.82) is 0 Å². The Morgan fingerprint density at radius 1 is 0.525 bits per heavy atom. The molecule has 0 rings (SSSR count). The first-order chi connectivity index (χ1) is 28.6. The zero-order valence-electron chi connectivity index (χ0n) is 38.9. The van der Waals surface area contributed by atoms with E-state index in [1.165, 1.54) is 109 Å². The number of likely N-dealkylation sites (N-methyl/N-ethyl adjacent to an activating group) is 1. The second-order valence-corrected chi connectivity index (χ2v) is 17.4. The van der Waals surface area contributed by atoms with E-state index in [4.69, 9.17) is 14.2 Å². The summed E-state index contributed by atoms with van der Waals surface area (Å²) >= 11 is 0. The average Bonchev–Trinajstić information content (AvgIpc) is 3.19. The molecule has 0 N–H and O–H groups in total. The van der Waals surface area contributed by atoms with Gasteiger partial charge in [0.15, 0.2) is 6.10 Å². The molecule has 342 valence electrons. The number of carbonyl (C=O) groups is 3. The van der Waals surface area contributed by atoms with Crippen molar-refractivity contribution in [1.82, 2.24) is 0 Å². The summed E-state index contributed by atoms with van der Waals surface area (Å²) in [5.41, 5.74) is 0. The Morgan fingerprint density at radius 3 is 1.44 bits per heavy atom. The van der Waals surface area contributed by atoms with E-state index in [1.54, 1.807) is 21.1 Å². The third-order valence-electron chi connectivity index (χ3n) is 10.8. The van der Waals surface area contributed by atoms with Gasteiger partial charge in [0.1, 0.15) is 12.6 Å². The number of rotatable bonds is 43.